The van der Waals surface area contributed by atoms with Crippen molar-refractivity contribution in [2.24, 2.45) is 0 Å². The second kappa shape index (κ2) is 7.62. The highest BCUT2D eigenvalue weighted by Gasteiger charge is 2.21. The molecular weight excluding hydrogens is 309 g/mol. The average Bonchev–Trinajstić information content (AvgIpc) is 2.36. The predicted octanol–water partition coefficient (Wildman–Crippen LogP) is 2.93. The Kier molecular flexibility index (Phi) is 6.48. The fourth-order valence-electron chi connectivity index (χ4n) is 1.40. The van der Waals surface area contributed by atoms with E-state index in [4.69, 9.17) is 28.3 Å². The Morgan fingerprint density at radius 1 is 1.42 bits per heavy atom. The van der Waals surface area contributed by atoms with E-state index in [2.05, 4.69) is 5.32 Å². The first-order valence-electron chi connectivity index (χ1n) is 5.43. The lowest BCUT2D eigenvalue weighted by molar-refractivity contribution is -0.139. The number of carboxylic acid groups (broad SMARTS) is 1. The molecule has 0 radical (unpaired) electrons. The molecule has 1 rings (SSSR count). The molecule has 0 aromatic heterocycles. The quantitative estimate of drug-likeness (QED) is 0.845. The molecule has 0 aliphatic carbocycles. The number of carboxylic acids is 1. The maximum absolute atomic E-state index is 12.0. The number of aliphatic carboxylic acids is 1. The van der Waals surface area contributed by atoms with E-state index in [0.29, 0.717) is 17.2 Å². The Bertz CT molecular complexity index is 482. The molecule has 1 atom stereocenters. The Labute approximate surface area is 125 Å². The SMILES string of the molecule is CSCCC(NC(=O)c1cc(Cl)ccc1Cl)C(=O)O. The van der Waals surface area contributed by atoms with E-state index in [-0.39, 0.29) is 10.6 Å². The van der Waals surface area contributed by atoms with Crippen molar-refractivity contribution in [1.82, 2.24) is 5.32 Å². The van der Waals surface area contributed by atoms with Crippen molar-refractivity contribution in [2.75, 3.05) is 12.0 Å². The van der Waals surface area contributed by atoms with Crippen molar-refractivity contribution in [3.63, 3.8) is 0 Å². The minimum absolute atomic E-state index is 0.171. The molecule has 1 aromatic carbocycles. The van der Waals surface area contributed by atoms with Gasteiger partial charge in [-0.2, -0.15) is 11.8 Å². The summed E-state index contributed by atoms with van der Waals surface area (Å²) in [6.45, 7) is 0. The van der Waals surface area contributed by atoms with Crippen LogP contribution in [0, 0.1) is 0 Å². The third-order valence-corrected chi connectivity index (χ3v) is 3.60. The number of hydrogen-bond donors (Lipinski definition) is 2. The monoisotopic (exact) mass is 321 g/mol. The van der Waals surface area contributed by atoms with Crippen molar-refractivity contribution >= 4 is 46.8 Å². The maximum Gasteiger partial charge on any atom is 0.326 e. The van der Waals surface area contributed by atoms with Crippen LogP contribution in [-0.2, 0) is 4.79 Å². The van der Waals surface area contributed by atoms with Crippen LogP contribution in [0.4, 0.5) is 0 Å². The lowest BCUT2D eigenvalue weighted by atomic mass is 10.1. The summed E-state index contributed by atoms with van der Waals surface area (Å²) in [5.74, 6) is -0.970. The molecule has 0 fully saturated rings. The zero-order chi connectivity index (χ0) is 14.4. The standard InChI is InChI=1S/C12H13Cl2NO3S/c1-19-5-4-10(12(17)18)15-11(16)8-6-7(13)2-3-9(8)14/h2-3,6,10H,4-5H2,1H3,(H,15,16)(H,17,18). The molecular formula is C12H13Cl2NO3S. The Morgan fingerprint density at radius 2 is 2.11 bits per heavy atom. The van der Waals surface area contributed by atoms with Gasteiger partial charge in [-0.15, -0.1) is 0 Å². The van der Waals surface area contributed by atoms with E-state index in [1.165, 1.54) is 23.9 Å². The average molecular weight is 322 g/mol. The van der Waals surface area contributed by atoms with Crippen LogP contribution in [0.2, 0.25) is 10.0 Å². The number of halogens is 2. The van der Waals surface area contributed by atoms with Crippen LogP contribution in [0.3, 0.4) is 0 Å². The molecule has 0 spiro atoms. The van der Waals surface area contributed by atoms with Crippen molar-refractivity contribution in [2.45, 2.75) is 12.5 Å². The predicted molar refractivity (Wildman–Crippen MR) is 78.4 cm³/mol. The Morgan fingerprint density at radius 3 is 2.68 bits per heavy atom. The summed E-state index contributed by atoms with van der Waals surface area (Å²) < 4.78 is 0. The van der Waals surface area contributed by atoms with Gasteiger partial charge in [0.1, 0.15) is 6.04 Å². The molecule has 104 valence electrons. The van der Waals surface area contributed by atoms with Crippen LogP contribution in [0.25, 0.3) is 0 Å². The van der Waals surface area contributed by atoms with Crippen LogP contribution in [0.5, 0.6) is 0 Å². The highest BCUT2D eigenvalue weighted by Crippen LogP contribution is 2.20. The molecule has 0 saturated heterocycles. The molecule has 0 aliphatic rings. The lowest BCUT2D eigenvalue weighted by Gasteiger charge is -2.14. The first-order chi connectivity index (χ1) is 8.95. The smallest absolute Gasteiger partial charge is 0.326 e. The van der Waals surface area contributed by atoms with E-state index in [0.717, 1.165) is 0 Å². The molecule has 0 aliphatic heterocycles. The number of carbonyl (C=O) groups excluding carboxylic acids is 1. The number of benzene rings is 1. The maximum atomic E-state index is 12.0. The molecule has 0 heterocycles. The first kappa shape index (κ1) is 16.1. The van der Waals surface area contributed by atoms with Gasteiger partial charge in [0.15, 0.2) is 0 Å². The van der Waals surface area contributed by atoms with Crippen molar-refractivity contribution in [3.8, 4) is 0 Å². The molecule has 0 bridgehead atoms. The van der Waals surface area contributed by atoms with Crippen LogP contribution in [0.15, 0.2) is 18.2 Å². The van der Waals surface area contributed by atoms with E-state index >= 15 is 0 Å². The van der Waals surface area contributed by atoms with Gasteiger partial charge in [0, 0.05) is 5.02 Å². The molecule has 2 N–H and O–H groups in total. The van der Waals surface area contributed by atoms with Gasteiger partial charge in [-0.1, -0.05) is 23.2 Å². The van der Waals surface area contributed by atoms with Gasteiger partial charge in [0.05, 0.1) is 10.6 Å². The third kappa shape index (κ3) is 4.93. The molecule has 7 heteroatoms. The highest BCUT2D eigenvalue weighted by molar-refractivity contribution is 7.98. The largest absolute Gasteiger partial charge is 0.480 e. The number of thioether (sulfide) groups is 1. The summed E-state index contributed by atoms with van der Waals surface area (Å²) in [4.78, 5) is 23.0. The zero-order valence-electron chi connectivity index (χ0n) is 10.2. The Balaban J connectivity index is 2.81. The van der Waals surface area contributed by atoms with Crippen molar-refractivity contribution in [1.29, 1.82) is 0 Å². The molecule has 1 aromatic rings. The van der Waals surface area contributed by atoms with Gasteiger partial charge in [0.2, 0.25) is 0 Å². The van der Waals surface area contributed by atoms with Gasteiger partial charge in [0.25, 0.3) is 5.91 Å². The number of hydrogen-bond acceptors (Lipinski definition) is 3. The van der Waals surface area contributed by atoms with E-state index in [1.807, 2.05) is 6.26 Å². The van der Waals surface area contributed by atoms with Gasteiger partial charge < -0.3 is 10.4 Å². The highest BCUT2D eigenvalue weighted by atomic mass is 35.5. The normalized spacial score (nSPS) is 11.9. The Hall–Kier alpha value is -0.910. The molecule has 19 heavy (non-hydrogen) atoms. The van der Waals surface area contributed by atoms with E-state index in [1.54, 1.807) is 6.07 Å². The number of nitrogens with one attached hydrogen (secondary N) is 1. The summed E-state index contributed by atoms with van der Waals surface area (Å²) in [5.41, 5.74) is 0.171. The number of amides is 1. The van der Waals surface area contributed by atoms with Crippen molar-refractivity contribution in [3.05, 3.63) is 33.8 Å². The van der Waals surface area contributed by atoms with E-state index in [9.17, 15) is 9.59 Å². The van der Waals surface area contributed by atoms with Gasteiger partial charge in [-0.05, 0) is 36.6 Å². The molecule has 1 amide bonds. The van der Waals surface area contributed by atoms with Crippen LogP contribution in [0.1, 0.15) is 16.8 Å². The summed E-state index contributed by atoms with van der Waals surface area (Å²) in [6.07, 6.45) is 2.22. The third-order valence-electron chi connectivity index (χ3n) is 2.39. The topological polar surface area (TPSA) is 66.4 Å². The molecule has 1 unspecified atom stereocenters. The summed E-state index contributed by atoms with van der Waals surface area (Å²) in [7, 11) is 0. The van der Waals surface area contributed by atoms with Crippen molar-refractivity contribution < 1.29 is 14.7 Å². The van der Waals surface area contributed by atoms with Gasteiger partial charge in [-0.25, -0.2) is 4.79 Å². The second-order valence-corrected chi connectivity index (χ2v) is 5.60. The van der Waals surface area contributed by atoms with E-state index < -0.39 is 17.9 Å². The van der Waals surface area contributed by atoms with Gasteiger partial charge >= 0.3 is 5.97 Å². The fourth-order valence-corrected chi connectivity index (χ4v) is 2.25. The summed E-state index contributed by atoms with van der Waals surface area (Å²) >= 11 is 13.2. The number of carbonyl (C=O) groups is 2. The number of rotatable bonds is 6. The van der Waals surface area contributed by atoms with Crippen LogP contribution >= 0.6 is 35.0 Å². The van der Waals surface area contributed by atoms with Gasteiger partial charge in [-0.3, -0.25) is 4.79 Å². The first-order valence-corrected chi connectivity index (χ1v) is 7.58. The summed E-state index contributed by atoms with van der Waals surface area (Å²) in [6, 6.07) is 3.53. The van der Waals surface area contributed by atoms with Crippen LogP contribution in [-0.4, -0.2) is 35.0 Å². The second-order valence-electron chi connectivity index (χ2n) is 3.77. The lowest BCUT2D eigenvalue weighted by Crippen LogP contribution is -2.41. The zero-order valence-corrected chi connectivity index (χ0v) is 12.5. The molecule has 4 nitrogen and oxygen atoms in total. The van der Waals surface area contributed by atoms with Crippen LogP contribution < -0.4 is 5.32 Å². The fraction of sp³-hybridized carbons (Fsp3) is 0.333. The molecule has 0 saturated carbocycles. The minimum atomic E-state index is -1.07. The summed E-state index contributed by atoms with van der Waals surface area (Å²) in [5, 5.41) is 12.1. The minimum Gasteiger partial charge on any atom is -0.480 e.